The Morgan fingerprint density at radius 3 is 2.50 bits per heavy atom. The van der Waals surface area contributed by atoms with Crippen LogP contribution in [-0.2, 0) is 7.05 Å². The first kappa shape index (κ1) is 17.0. The Hall–Kier alpha value is -1.87. The molecule has 3 rings (SSSR count). The van der Waals surface area contributed by atoms with E-state index < -0.39 is 0 Å². The molecule has 0 unspecified atom stereocenters. The SMILES string of the molecule is C[C@H]1CCCN(CCCOc2ccc(-c3cc[n+](C)cc3)cc2)C1. The number of aryl methyl sites for hydroxylation is 1. The molecule has 1 aromatic carbocycles. The van der Waals surface area contributed by atoms with E-state index >= 15 is 0 Å². The highest BCUT2D eigenvalue weighted by Gasteiger charge is 2.15. The zero-order valence-corrected chi connectivity index (χ0v) is 14.9. The van der Waals surface area contributed by atoms with Crippen LogP contribution in [0.1, 0.15) is 26.2 Å². The van der Waals surface area contributed by atoms with Gasteiger partial charge >= 0.3 is 0 Å². The average Bonchev–Trinajstić information content (AvgIpc) is 2.60. The van der Waals surface area contributed by atoms with Crippen LogP contribution in [-0.4, -0.2) is 31.1 Å². The first-order valence-electron chi connectivity index (χ1n) is 9.11. The van der Waals surface area contributed by atoms with E-state index in [9.17, 15) is 0 Å². The average molecular weight is 325 g/mol. The Morgan fingerprint density at radius 2 is 1.79 bits per heavy atom. The molecule has 0 amide bonds. The Bertz CT molecular complexity index is 621. The van der Waals surface area contributed by atoms with Gasteiger partial charge in [-0.1, -0.05) is 19.1 Å². The number of benzene rings is 1. The van der Waals surface area contributed by atoms with Crippen molar-refractivity contribution in [3.8, 4) is 16.9 Å². The molecule has 0 aliphatic carbocycles. The number of rotatable bonds is 6. The first-order valence-corrected chi connectivity index (χ1v) is 9.11. The third kappa shape index (κ3) is 4.81. The summed E-state index contributed by atoms with van der Waals surface area (Å²) in [5, 5.41) is 0. The Balaban J connectivity index is 1.43. The lowest BCUT2D eigenvalue weighted by Gasteiger charge is -2.30. The fraction of sp³-hybridized carbons (Fsp3) is 0.476. The predicted molar refractivity (Wildman–Crippen MR) is 98.0 cm³/mol. The molecule has 2 aromatic rings. The topological polar surface area (TPSA) is 16.4 Å². The molecule has 0 saturated carbocycles. The maximum absolute atomic E-state index is 5.90. The number of likely N-dealkylation sites (tertiary alicyclic amines) is 1. The summed E-state index contributed by atoms with van der Waals surface area (Å²) in [5.41, 5.74) is 2.46. The number of nitrogens with zero attached hydrogens (tertiary/aromatic N) is 2. The van der Waals surface area contributed by atoms with Crippen LogP contribution in [0.4, 0.5) is 0 Å². The van der Waals surface area contributed by atoms with Gasteiger partial charge in [-0.05, 0) is 55.0 Å². The fourth-order valence-corrected chi connectivity index (χ4v) is 3.41. The monoisotopic (exact) mass is 325 g/mol. The number of hydrogen-bond acceptors (Lipinski definition) is 2. The molecule has 24 heavy (non-hydrogen) atoms. The van der Waals surface area contributed by atoms with E-state index in [0.717, 1.165) is 31.2 Å². The summed E-state index contributed by atoms with van der Waals surface area (Å²) in [6.45, 7) is 6.82. The van der Waals surface area contributed by atoms with Crippen LogP contribution in [0, 0.1) is 5.92 Å². The van der Waals surface area contributed by atoms with Gasteiger partial charge in [0.15, 0.2) is 12.4 Å². The van der Waals surface area contributed by atoms with Crippen LogP contribution >= 0.6 is 0 Å². The molecule has 1 atom stereocenters. The lowest BCUT2D eigenvalue weighted by Crippen LogP contribution is -2.35. The Kier molecular flexibility index (Phi) is 5.86. The molecule has 3 nitrogen and oxygen atoms in total. The molecule has 128 valence electrons. The minimum atomic E-state index is 0.797. The Labute approximate surface area is 145 Å². The molecule has 3 heteroatoms. The zero-order chi connectivity index (χ0) is 16.8. The van der Waals surface area contributed by atoms with E-state index in [4.69, 9.17) is 4.74 Å². The molecule has 0 N–H and O–H groups in total. The Morgan fingerprint density at radius 1 is 1.08 bits per heavy atom. The summed E-state index contributed by atoms with van der Waals surface area (Å²) in [6, 6.07) is 12.7. The van der Waals surface area contributed by atoms with Gasteiger partial charge in [0, 0.05) is 25.2 Å². The highest BCUT2D eigenvalue weighted by molar-refractivity contribution is 5.63. The third-order valence-electron chi connectivity index (χ3n) is 4.79. The highest BCUT2D eigenvalue weighted by atomic mass is 16.5. The van der Waals surface area contributed by atoms with Crippen molar-refractivity contribution in [2.45, 2.75) is 26.2 Å². The van der Waals surface area contributed by atoms with Gasteiger partial charge in [-0.25, -0.2) is 4.57 Å². The molecule has 1 fully saturated rings. The molecular weight excluding hydrogens is 296 g/mol. The summed E-state index contributed by atoms with van der Waals surface area (Å²) in [7, 11) is 2.03. The van der Waals surface area contributed by atoms with Crippen LogP contribution in [0.15, 0.2) is 48.8 Å². The van der Waals surface area contributed by atoms with Gasteiger partial charge < -0.3 is 9.64 Å². The van der Waals surface area contributed by atoms with E-state index in [1.807, 2.05) is 11.6 Å². The standard InChI is InChI=1S/C21H29N2O/c1-18-5-3-12-23(17-18)13-4-16-24-21-8-6-19(7-9-21)20-10-14-22(2)15-11-20/h6-11,14-15,18H,3-5,12-13,16-17H2,1-2H3/q+1/t18-/m0/s1. The summed E-state index contributed by atoms with van der Waals surface area (Å²) in [5.74, 6) is 1.82. The lowest BCUT2D eigenvalue weighted by atomic mass is 10.0. The van der Waals surface area contributed by atoms with Crippen LogP contribution in [0.3, 0.4) is 0 Å². The summed E-state index contributed by atoms with van der Waals surface area (Å²) < 4.78 is 7.95. The van der Waals surface area contributed by atoms with Gasteiger partial charge in [0.05, 0.1) is 6.61 Å². The first-order chi connectivity index (χ1) is 11.7. The van der Waals surface area contributed by atoms with Gasteiger partial charge in [0.2, 0.25) is 0 Å². The normalized spacial score (nSPS) is 18.5. The summed E-state index contributed by atoms with van der Waals surface area (Å²) in [4.78, 5) is 2.58. The number of piperidine rings is 1. The fourth-order valence-electron chi connectivity index (χ4n) is 3.41. The molecule has 0 bridgehead atoms. The van der Waals surface area contributed by atoms with Crippen molar-refractivity contribution in [2.24, 2.45) is 13.0 Å². The summed E-state index contributed by atoms with van der Waals surface area (Å²) >= 11 is 0. The third-order valence-corrected chi connectivity index (χ3v) is 4.79. The zero-order valence-electron chi connectivity index (χ0n) is 14.9. The van der Waals surface area contributed by atoms with Crippen molar-refractivity contribution in [1.82, 2.24) is 4.90 Å². The molecule has 0 spiro atoms. The number of aromatic nitrogens is 1. The summed E-state index contributed by atoms with van der Waals surface area (Å²) in [6.07, 6.45) is 7.98. The predicted octanol–water partition coefficient (Wildman–Crippen LogP) is 3.68. The number of pyridine rings is 1. The van der Waals surface area contributed by atoms with Crippen molar-refractivity contribution < 1.29 is 9.30 Å². The minimum Gasteiger partial charge on any atom is -0.494 e. The number of hydrogen-bond donors (Lipinski definition) is 0. The smallest absolute Gasteiger partial charge is 0.169 e. The maximum atomic E-state index is 5.90. The maximum Gasteiger partial charge on any atom is 0.169 e. The van der Waals surface area contributed by atoms with E-state index in [-0.39, 0.29) is 0 Å². The van der Waals surface area contributed by atoms with Crippen LogP contribution < -0.4 is 9.30 Å². The molecule has 1 aliphatic rings. The van der Waals surface area contributed by atoms with Crippen molar-refractivity contribution in [1.29, 1.82) is 0 Å². The van der Waals surface area contributed by atoms with E-state index in [1.165, 1.54) is 37.1 Å². The van der Waals surface area contributed by atoms with Gasteiger partial charge in [0.25, 0.3) is 0 Å². The van der Waals surface area contributed by atoms with E-state index in [0.29, 0.717) is 0 Å². The highest BCUT2D eigenvalue weighted by Crippen LogP contribution is 2.21. The second-order valence-electron chi connectivity index (χ2n) is 7.03. The van der Waals surface area contributed by atoms with Crippen LogP contribution in [0.5, 0.6) is 5.75 Å². The second kappa shape index (κ2) is 8.29. The van der Waals surface area contributed by atoms with Gasteiger partial charge in [-0.15, -0.1) is 0 Å². The lowest BCUT2D eigenvalue weighted by molar-refractivity contribution is -0.671. The van der Waals surface area contributed by atoms with E-state index in [2.05, 4.69) is 60.6 Å². The van der Waals surface area contributed by atoms with Gasteiger partial charge in [-0.3, -0.25) is 0 Å². The second-order valence-corrected chi connectivity index (χ2v) is 7.03. The van der Waals surface area contributed by atoms with Crippen LogP contribution in [0.25, 0.3) is 11.1 Å². The molecule has 1 aliphatic heterocycles. The molecule has 1 aromatic heterocycles. The van der Waals surface area contributed by atoms with Crippen molar-refractivity contribution in [2.75, 3.05) is 26.2 Å². The van der Waals surface area contributed by atoms with Crippen molar-refractivity contribution >= 4 is 0 Å². The number of ether oxygens (including phenoxy) is 1. The molecule has 2 heterocycles. The van der Waals surface area contributed by atoms with Gasteiger partial charge in [-0.2, -0.15) is 0 Å². The molecule has 0 radical (unpaired) electrons. The van der Waals surface area contributed by atoms with Crippen LogP contribution in [0.2, 0.25) is 0 Å². The largest absolute Gasteiger partial charge is 0.494 e. The minimum absolute atomic E-state index is 0.797. The quantitative estimate of drug-likeness (QED) is 0.595. The molecular formula is C21H29N2O+. The molecule has 1 saturated heterocycles. The van der Waals surface area contributed by atoms with Crippen molar-refractivity contribution in [3.05, 3.63) is 48.8 Å². The van der Waals surface area contributed by atoms with Crippen molar-refractivity contribution in [3.63, 3.8) is 0 Å². The van der Waals surface area contributed by atoms with E-state index in [1.54, 1.807) is 0 Å². The van der Waals surface area contributed by atoms with Gasteiger partial charge in [0.1, 0.15) is 12.8 Å².